The van der Waals surface area contributed by atoms with Crippen molar-refractivity contribution in [1.82, 2.24) is 4.90 Å². The van der Waals surface area contributed by atoms with E-state index in [4.69, 9.17) is 15.2 Å². The summed E-state index contributed by atoms with van der Waals surface area (Å²) >= 11 is 0. The number of carbonyl (C=O) groups is 1. The molecule has 0 unspecified atom stereocenters. The number of hydrogen-bond donors (Lipinski definition) is 1. The molecular formula is C17H26ClFN2O3. The standard InChI is InChI=1S/C17H25FN2O3.ClH/c1-22-16-4-3-13(11-15(16)18)12-17(21)20-8-5-14(6-9-20)23-10-2-7-19;/h3-4,11,14H,2,5-10,12,19H2,1H3;1H. The first-order valence-electron chi connectivity index (χ1n) is 8.06. The third-order valence-electron chi connectivity index (χ3n) is 4.07. The van der Waals surface area contributed by atoms with E-state index in [1.54, 1.807) is 12.1 Å². The van der Waals surface area contributed by atoms with Crippen LogP contribution in [0.5, 0.6) is 5.75 Å². The summed E-state index contributed by atoms with van der Waals surface area (Å²) in [6.45, 7) is 2.69. The number of hydrogen-bond acceptors (Lipinski definition) is 4. The van der Waals surface area contributed by atoms with Crippen LogP contribution >= 0.6 is 12.4 Å². The van der Waals surface area contributed by atoms with Crippen molar-refractivity contribution in [2.45, 2.75) is 31.8 Å². The van der Waals surface area contributed by atoms with Gasteiger partial charge in [-0.2, -0.15) is 0 Å². The Bertz CT molecular complexity index is 523. The monoisotopic (exact) mass is 360 g/mol. The van der Waals surface area contributed by atoms with Crippen LogP contribution in [0.3, 0.4) is 0 Å². The Hall–Kier alpha value is -1.37. The number of amides is 1. The summed E-state index contributed by atoms with van der Waals surface area (Å²) in [7, 11) is 1.42. The maximum Gasteiger partial charge on any atom is 0.226 e. The summed E-state index contributed by atoms with van der Waals surface area (Å²) in [5.74, 6) is -0.226. The number of benzene rings is 1. The molecule has 0 radical (unpaired) electrons. The van der Waals surface area contributed by atoms with Gasteiger partial charge in [-0.1, -0.05) is 6.07 Å². The van der Waals surface area contributed by atoms with Gasteiger partial charge in [-0.25, -0.2) is 4.39 Å². The molecule has 0 spiro atoms. The Morgan fingerprint density at radius 2 is 2.08 bits per heavy atom. The molecule has 1 heterocycles. The topological polar surface area (TPSA) is 64.8 Å². The quantitative estimate of drug-likeness (QED) is 0.757. The zero-order chi connectivity index (χ0) is 16.7. The van der Waals surface area contributed by atoms with Crippen molar-refractivity contribution in [2.24, 2.45) is 5.73 Å². The third-order valence-corrected chi connectivity index (χ3v) is 4.07. The van der Waals surface area contributed by atoms with Crippen LogP contribution in [-0.2, 0) is 16.0 Å². The Balaban J connectivity index is 0.00000288. The lowest BCUT2D eigenvalue weighted by molar-refractivity contribution is -0.133. The molecule has 0 atom stereocenters. The molecule has 7 heteroatoms. The molecule has 1 aliphatic heterocycles. The highest BCUT2D eigenvalue weighted by Gasteiger charge is 2.23. The summed E-state index contributed by atoms with van der Waals surface area (Å²) in [5.41, 5.74) is 6.10. The van der Waals surface area contributed by atoms with Gasteiger partial charge in [-0.05, 0) is 43.5 Å². The summed E-state index contributed by atoms with van der Waals surface area (Å²) in [5, 5.41) is 0. The Labute approximate surface area is 148 Å². The maximum absolute atomic E-state index is 13.7. The summed E-state index contributed by atoms with van der Waals surface area (Å²) in [6, 6.07) is 4.64. The minimum Gasteiger partial charge on any atom is -0.494 e. The number of piperidine rings is 1. The van der Waals surface area contributed by atoms with Crippen molar-refractivity contribution in [3.05, 3.63) is 29.6 Å². The van der Waals surface area contributed by atoms with Gasteiger partial charge in [0.1, 0.15) is 0 Å². The van der Waals surface area contributed by atoms with Crippen LogP contribution in [0.2, 0.25) is 0 Å². The molecule has 1 fully saturated rings. The van der Waals surface area contributed by atoms with Crippen LogP contribution in [0, 0.1) is 5.82 Å². The van der Waals surface area contributed by atoms with Gasteiger partial charge in [0.25, 0.3) is 0 Å². The molecule has 0 saturated carbocycles. The SMILES string of the molecule is COc1ccc(CC(=O)N2CCC(OCCCN)CC2)cc1F.Cl. The van der Waals surface area contributed by atoms with Gasteiger partial charge in [0.2, 0.25) is 5.91 Å². The van der Waals surface area contributed by atoms with E-state index in [2.05, 4.69) is 0 Å². The van der Waals surface area contributed by atoms with Gasteiger partial charge in [-0.15, -0.1) is 12.4 Å². The van der Waals surface area contributed by atoms with Crippen molar-refractivity contribution in [1.29, 1.82) is 0 Å². The number of nitrogens with two attached hydrogens (primary N) is 1. The maximum atomic E-state index is 13.7. The van der Waals surface area contributed by atoms with Gasteiger partial charge < -0.3 is 20.1 Å². The minimum atomic E-state index is -0.440. The van der Waals surface area contributed by atoms with Crippen molar-refractivity contribution < 1.29 is 18.7 Å². The number of ether oxygens (including phenoxy) is 2. The zero-order valence-electron chi connectivity index (χ0n) is 14.0. The Morgan fingerprint density at radius 3 is 2.67 bits per heavy atom. The smallest absolute Gasteiger partial charge is 0.226 e. The van der Waals surface area contributed by atoms with E-state index >= 15 is 0 Å². The van der Waals surface area contributed by atoms with Crippen molar-refractivity contribution >= 4 is 18.3 Å². The lowest BCUT2D eigenvalue weighted by Gasteiger charge is -2.32. The van der Waals surface area contributed by atoms with Crippen molar-refractivity contribution in [3.8, 4) is 5.75 Å². The van der Waals surface area contributed by atoms with Crippen LogP contribution in [-0.4, -0.2) is 50.3 Å². The molecule has 2 rings (SSSR count). The highest BCUT2D eigenvalue weighted by Crippen LogP contribution is 2.19. The van der Waals surface area contributed by atoms with E-state index < -0.39 is 5.82 Å². The van der Waals surface area contributed by atoms with Crippen LogP contribution in [0.4, 0.5) is 4.39 Å². The molecular weight excluding hydrogens is 335 g/mol. The first-order chi connectivity index (χ1) is 11.1. The van der Waals surface area contributed by atoms with Gasteiger partial charge in [0.05, 0.1) is 19.6 Å². The predicted molar refractivity (Wildman–Crippen MR) is 93.1 cm³/mol. The number of halogens is 2. The summed E-state index contributed by atoms with van der Waals surface area (Å²) < 4.78 is 24.3. The highest BCUT2D eigenvalue weighted by molar-refractivity contribution is 5.85. The van der Waals surface area contributed by atoms with Crippen LogP contribution in [0.1, 0.15) is 24.8 Å². The fourth-order valence-corrected chi connectivity index (χ4v) is 2.71. The number of likely N-dealkylation sites (tertiary alicyclic amines) is 1. The van der Waals surface area contributed by atoms with E-state index in [0.29, 0.717) is 31.8 Å². The molecule has 0 bridgehead atoms. The molecule has 1 aliphatic rings. The molecule has 1 aromatic rings. The fraction of sp³-hybridized carbons (Fsp3) is 0.588. The second kappa shape index (κ2) is 10.5. The van der Waals surface area contributed by atoms with Crippen molar-refractivity contribution in [2.75, 3.05) is 33.4 Å². The molecule has 1 saturated heterocycles. The molecule has 1 amide bonds. The van der Waals surface area contributed by atoms with Gasteiger partial charge in [0, 0.05) is 19.7 Å². The molecule has 1 aromatic carbocycles. The highest BCUT2D eigenvalue weighted by atomic mass is 35.5. The van der Waals surface area contributed by atoms with E-state index in [1.165, 1.54) is 13.2 Å². The van der Waals surface area contributed by atoms with Gasteiger partial charge >= 0.3 is 0 Å². The van der Waals surface area contributed by atoms with E-state index in [0.717, 1.165) is 19.3 Å². The average molecular weight is 361 g/mol. The first kappa shape index (κ1) is 20.7. The van der Waals surface area contributed by atoms with Gasteiger partial charge in [0.15, 0.2) is 11.6 Å². The first-order valence-corrected chi connectivity index (χ1v) is 8.06. The van der Waals surface area contributed by atoms with Crippen LogP contribution in [0.25, 0.3) is 0 Å². The van der Waals surface area contributed by atoms with Crippen LogP contribution in [0.15, 0.2) is 18.2 Å². The average Bonchev–Trinajstić information content (AvgIpc) is 2.56. The minimum absolute atomic E-state index is 0. The summed E-state index contributed by atoms with van der Waals surface area (Å²) in [4.78, 5) is 14.1. The van der Waals surface area contributed by atoms with E-state index in [1.807, 2.05) is 4.90 Å². The molecule has 136 valence electrons. The number of rotatable bonds is 7. The summed E-state index contributed by atoms with van der Waals surface area (Å²) in [6.07, 6.45) is 2.96. The molecule has 24 heavy (non-hydrogen) atoms. The number of nitrogens with zero attached hydrogens (tertiary/aromatic N) is 1. The second-order valence-electron chi connectivity index (χ2n) is 5.74. The predicted octanol–water partition coefficient (Wildman–Crippen LogP) is 2.16. The number of carbonyl (C=O) groups excluding carboxylic acids is 1. The largest absolute Gasteiger partial charge is 0.494 e. The lowest BCUT2D eigenvalue weighted by atomic mass is 10.1. The Kier molecular flexibility index (Phi) is 9.03. The van der Waals surface area contributed by atoms with E-state index in [-0.39, 0.29) is 36.6 Å². The third kappa shape index (κ3) is 5.92. The van der Waals surface area contributed by atoms with Crippen molar-refractivity contribution in [3.63, 3.8) is 0 Å². The number of methoxy groups -OCH3 is 1. The van der Waals surface area contributed by atoms with Crippen LogP contribution < -0.4 is 10.5 Å². The lowest BCUT2D eigenvalue weighted by Crippen LogP contribution is -2.41. The normalized spacial score (nSPS) is 15.0. The molecule has 2 N–H and O–H groups in total. The molecule has 5 nitrogen and oxygen atoms in total. The Morgan fingerprint density at radius 1 is 1.38 bits per heavy atom. The fourth-order valence-electron chi connectivity index (χ4n) is 2.71. The zero-order valence-corrected chi connectivity index (χ0v) is 14.8. The molecule has 0 aromatic heterocycles. The molecule has 0 aliphatic carbocycles. The van der Waals surface area contributed by atoms with Gasteiger partial charge in [-0.3, -0.25) is 4.79 Å². The second-order valence-corrected chi connectivity index (χ2v) is 5.74. The van der Waals surface area contributed by atoms with E-state index in [9.17, 15) is 9.18 Å².